The molecule has 1 aliphatic heterocycles. The van der Waals surface area contributed by atoms with Gasteiger partial charge in [0.05, 0.1) is 35.6 Å². The van der Waals surface area contributed by atoms with Gasteiger partial charge in [0.2, 0.25) is 5.58 Å². The molecule has 26 heavy (non-hydrogen) atoms. The summed E-state index contributed by atoms with van der Waals surface area (Å²) in [6.07, 6.45) is 2.90. The second kappa shape index (κ2) is 6.62. The van der Waals surface area contributed by atoms with Crippen molar-refractivity contribution >= 4 is 16.7 Å². The Morgan fingerprint density at radius 1 is 1.31 bits per heavy atom. The summed E-state index contributed by atoms with van der Waals surface area (Å²) in [7, 11) is 0. The Kier molecular flexibility index (Phi) is 4.29. The summed E-state index contributed by atoms with van der Waals surface area (Å²) >= 11 is 0. The zero-order chi connectivity index (χ0) is 18.3. The molecule has 1 aliphatic rings. The van der Waals surface area contributed by atoms with Crippen LogP contribution in [-0.4, -0.2) is 45.5 Å². The van der Waals surface area contributed by atoms with Gasteiger partial charge in [0.15, 0.2) is 5.82 Å². The highest BCUT2D eigenvalue weighted by atomic mass is 19.1. The predicted molar refractivity (Wildman–Crippen MR) is 93.1 cm³/mol. The zero-order valence-corrected chi connectivity index (χ0v) is 14.5. The summed E-state index contributed by atoms with van der Waals surface area (Å²) in [6.45, 7) is 4.66. The molecule has 4 rings (SSSR count). The highest BCUT2D eigenvalue weighted by Crippen LogP contribution is 2.37. The molecule has 3 heterocycles. The van der Waals surface area contributed by atoms with Crippen molar-refractivity contribution in [1.82, 2.24) is 15.1 Å². The van der Waals surface area contributed by atoms with Crippen molar-refractivity contribution in [2.75, 3.05) is 18.0 Å². The first kappa shape index (κ1) is 16.9. The summed E-state index contributed by atoms with van der Waals surface area (Å²) in [5.74, 6) is -0.527. The molecule has 8 heteroatoms. The molecule has 1 aromatic carbocycles. The molecular weight excluding hydrogens is 339 g/mol. The minimum Gasteiger partial charge on any atom is -0.392 e. The van der Waals surface area contributed by atoms with Crippen molar-refractivity contribution in [3.05, 3.63) is 36.0 Å². The van der Waals surface area contributed by atoms with Crippen LogP contribution in [0.5, 0.6) is 0 Å². The number of aromatic nitrogens is 3. The number of morpholine rings is 1. The van der Waals surface area contributed by atoms with E-state index in [1.165, 1.54) is 6.33 Å². The molecule has 1 N–H and O–H groups in total. The summed E-state index contributed by atoms with van der Waals surface area (Å²) in [5.41, 5.74) is 1.83. The van der Waals surface area contributed by atoms with E-state index >= 15 is 4.39 Å². The lowest BCUT2D eigenvalue weighted by Gasteiger charge is -2.37. The van der Waals surface area contributed by atoms with Crippen LogP contribution in [0.2, 0.25) is 0 Å². The molecule has 2 atom stereocenters. The van der Waals surface area contributed by atoms with Gasteiger partial charge in [-0.05, 0) is 26.0 Å². The molecule has 1 saturated heterocycles. The summed E-state index contributed by atoms with van der Waals surface area (Å²) in [4.78, 5) is 9.91. The lowest BCUT2D eigenvalue weighted by atomic mass is 10.0. The molecule has 0 unspecified atom stereocenters. The Morgan fingerprint density at radius 2 is 2.08 bits per heavy atom. The van der Waals surface area contributed by atoms with Crippen molar-refractivity contribution in [1.29, 1.82) is 0 Å². The quantitative estimate of drug-likeness (QED) is 0.770. The smallest absolute Gasteiger partial charge is 0.205 e. The molecule has 7 nitrogen and oxygen atoms in total. The number of fused-ring (bicyclic) bond motifs is 1. The SMILES string of the molecule is C[C@@H]1CN(c2c(CO)cc3c(-c4ccncn4)noc3c2F)C[C@H](C)O1. The number of ether oxygens (including phenoxy) is 1. The lowest BCUT2D eigenvalue weighted by molar-refractivity contribution is -0.00549. The minimum absolute atomic E-state index is 0.0355. The van der Waals surface area contributed by atoms with Crippen LogP contribution >= 0.6 is 0 Å². The number of benzene rings is 1. The van der Waals surface area contributed by atoms with E-state index in [0.717, 1.165) is 0 Å². The Morgan fingerprint density at radius 3 is 2.73 bits per heavy atom. The Bertz CT molecular complexity index is 921. The lowest BCUT2D eigenvalue weighted by Crippen LogP contribution is -2.46. The van der Waals surface area contributed by atoms with E-state index < -0.39 is 5.82 Å². The maximum Gasteiger partial charge on any atom is 0.205 e. The van der Waals surface area contributed by atoms with E-state index in [1.54, 1.807) is 18.3 Å². The molecule has 1 fully saturated rings. The number of nitrogens with zero attached hydrogens (tertiary/aromatic N) is 4. The Balaban J connectivity index is 1.86. The summed E-state index contributed by atoms with van der Waals surface area (Å²) < 4.78 is 26.3. The van der Waals surface area contributed by atoms with Crippen LogP contribution < -0.4 is 4.90 Å². The maximum absolute atomic E-state index is 15.3. The van der Waals surface area contributed by atoms with Crippen LogP contribution in [-0.2, 0) is 11.3 Å². The molecule has 2 aromatic heterocycles. The van der Waals surface area contributed by atoms with Crippen molar-refractivity contribution in [3.63, 3.8) is 0 Å². The molecule has 136 valence electrons. The van der Waals surface area contributed by atoms with Gasteiger partial charge in [-0.3, -0.25) is 0 Å². The molecular formula is C18H19FN4O3. The third-order valence-electron chi connectivity index (χ3n) is 4.49. The highest BCUT2D eigenvalue weighted by Gasteiger charge is 2.29. The summed E-state index contributed by atoms with van der Waals surface area (Å²) in [5, 5.41) is 14.3. The van der Waals surface area contributed by atoms with Crippen molar-refractivity contribution < 1.29 is 18.8 Å². The van der Waals surface area contributed by atoms with Crippen LogP contribution in [0.1, 0.15) is 19.4 Å². The third-order valence-corrected chi connectivity index (χ3v) is 4.49. The first-order valence-electron chi connectivity index (χ1n) is 8.47. The zero-order valence-electron chi connectivity index (χ0n) is 14.5. The first-order chi connectivity index (χ1) is 12.6. The van der Waals surface area contributed by atoms with E-state index in [-0.39, 0.29) is 24.4 Å². The van der Waals surface area contributed by atoms with Gasteiger partial charge in [0.25, 0.3) is 0 Å². The fourth-order valence-corrected chi connectivity index (χ4v) is 3.52. The van der Waals surface area contributed by atoms with Gasteiger partial charge in [-0.1, -0.05) is 5.16 Å². The fraction of sp³-hybridized carbons (Fsp3) is 0.389. The van der Waals surface area contributed by atoms with Gasteiger partial charge in [-0.25, -0.2) is 14.4 Å². The topological polar surface area (TPSA) is 84.5 Å². The van der Waals surface area contributed by atoms with E-state index in [1.807, 2.05) is 18.7 Å². The molecule has 0 radical (unpaired) electrons. The number of anilines is 1. The molecule has 0 aliphatic carbocycles. The van der Waals surface area contributed by atoms with Crippen LogP contribution in [0.3, 0.4) is 0 Å². The first-order valence-corrected chi connectivity index (χ1v) is 8.47. The average molecular weight is 358 g/mol. The van der Waals surface area contributed by atoms with Crippen LogP contribution in [0.4, 0.5) is 10.1 Å². The fourth-order valence-electron chi connectivity index (χ4n) is 3.52. The Hall–Kier alpha value is -2.58. The number of hydrogen-bond donors (Lipinski definition) is 1. The summed E-state index contributed by atoms with van der Waals surface area (Å²) in [6, 6.07) is 3.39. The minimum atomic E-state index is -0.527. The normalized spacial score (nSPS) is 20.7. The molecule has 0 amide bonds. The number of aliphatic hydroxyl groups excluding tert-OH is 1. The largest absolute Gasteiger partial charge is 0.392 e. The molecule has 0 bridgehead atoms. The molecule has 3 aromatic rings. The Labute approximate surface area is 149 Å². The van der Waals surface area contributed by atoms with E-state index in [2.05, 4.69) is 15.1 Å². The van der Waals surface area contributed by atoms with Gasteiger partial charge in [-0.2, -0.15) is 0 Å². The van der Waals surface area contributed by atoms with Gasteiger partial charge >= 0.3 is 0 Å². The maximum atomic E-state index is 15.3. The van der Waals surface area contributed by atoms with E-state index in [4.69, 9.17) is 9.26 Å². The highest BCUT2D eigenvalue weighted by molar-refractivity contribution is 5.94. The van der Waals surface area contributed by atoms with E-state index in [9.17, 15) is 5.11 Å². The van der Waals surface area contributed by atoms with Crippen molar-refractivity contribution in [3.8, 4) is 11.4 Å². The second-order valence-electron chi connectivity index (χ2n) is 6.52. The second-order valence-corrected chi connectivity index (χ2v) is 6.52. The predicted octanol–water partition coefficient (Wildman–Crippen LogP) is 2.53. The van der Waals surface area contributed by atoms with Gasteiger partial charge < -0.3 is 19.3 Å². The van der Waals surface area contributed by atoms with Gasteiger partial charge in [-0.15, -0.1) is 0 Å². The number of rotatable bonds is 3. The van der Waals surface area contributed by atoms with Crippen LogP contribution in [0.25, 0.3) is 22.4 Å². The van der Waals surface area contributed by atoms with E-state index in [0.29, 0.717) is 41.1 Å². The van der Waals surface area contributed by atoms with Crippen LogP contribution in [0, 0.1) is 5.82 Å². The van der Waals surface area contributed by atoms with Gasteiger partial charge in [0.1, 0.15) is 12.0 Å². The van der Waals surface area contributed by atoms with Crippen molar-refractivity contribution in [2.24, 2.45) is 0 Å². The third kappa shape index (κ3) is 2.81. The standard InChI is InChI=1S/C18H19FN4O3/c1-10-6-23(7-11(2)25-10)17-12(8-24)5-13-16(14-3-4-20-9-21-14)22-26-18(13)15(17)19/h3-5,9-11,24H,6-8H2,1-2H3/t10-,11+. The van der Waals surface area contributed by atoms with Crippen LogP contribution in [0.15, 0.2) is 29.2 Å². The number of aliphatic hydroxyl groups is 1. The van der Waals surface area contributed by atoms with Crippen molar-refractivity contribution in [2.45, 2.75) is 32.7 Å². The molecule has 0 saturated carbocycles. The van der Waals surface area contributed by atoms with Gasteiger partial charge in [0, 0.05) is 24.8 Å². The average Bonchev–Trinajstić information content (AvgIpc) is 3.05. The number of halogens is 1. The monoisotopic (exact) mass is 358 g/mol. The molecule has 0 spiro atoms. The number of hydrogen-bond acceptors (Lipinski definition) is 7.